The molecule has 0 atom stereocenters. The van der Waals surface area contributed by atoms with E-state index in [1.807, 2.05) is 24.3 Å². The number of ether oxygens (including phenoxy) is 1. The van der Waals surface area contributed by atoms with E-state index in [2.05, 4.69) is 5.32 Å². The third-order valence-corrected chi connectivity index (χ3v) is 3.16. The van der Waals surface area contributed by atoms with Crippen LogP contribution in [0.2, 0.25) is 0 Å². The zero-order chi connectivity index (χ0) is 16.7. The number of benzene rings is 2. The van der Waals surface area contributed by atoms with E-state index in [9.17, 15) is 14.9 Å². The monoisotopic (exact) mass is 312 g/mol. The lowest BCUT2D eigenvalue weighted by Gasteiger charge is -2.04. The number of amides is 1. The second-order valence-corrected chi connectivity index (χ2v) is 4.75. The maximum Gasteiger partial charge on any atom is 0.269 e. The molecule has 0 heterocycles. The first-order valence-electron chi connectivity index (χ1n) is 6.92. The first-order chi connectivity index (χ1) is 11.1. The van der Waals surface area contributed by atoms with Crippen LogP contribution in [-0.4, -0.2) is 17.9 Å². The van der Waals surface area contributed by atoms with Crippen molar-refractivity contribution in [3.05, 3.63) is 75.8 Å². The van der Waals surface area contributed by atoms with Gasteiger partial charge in [-0.1, -0.05) is 12.1 Å². The van der Waals surface area contributed by atoms with Crippen molar-refractivity contribution < 1.29 is 14.5 Å². The van der Waals surface area contributed by atoms with Crippen LogP contribution in [0.25, 0.3) is 6.08 Å². The molecule has 1 N–H and O–H groups in total. The largest absolute Gasteiger partial charge is 0.497 e. The number of nitrogens with zero attached hydrogens (tertiary/aromatic N) is 1. The standard InChI is InChI=1S/C17H16N2O4/c1-23-16-9-4-14(5-10-16)12-18-17(20)11-6-13-2-7-15(8-3-13)19(21)22/h2-11H,12H2,1H3,(H,18,20). The molecule has 0 bridgehead atoms. The molecule has 118 valence electrons. The number of nitro benzene ring substituents is 1. The van der Waals surface area contributed by atoms with Crippen LogP contribution in [0.4, 0.5) is 5.69 Å². The number of carbonyl (C=O) groups excluding carboxylic acids is 1. The Kier molecular flexibility index (Phi) is 5.46. The minimum absolute atomic E-state index is 0.0195. The summed E-state index contributed by atoms with van der Waals surface area (Å²) in [5, 5.41) is 13.3. The Morgan fingerprint density at radius 1 is 1.17 bits per heavy atom. The number of rotatable bonds is 6. The lowest BCUT2D eigenvalue weighted by atomic mass is 10.2. The van der Waals surface area contributed by atoms with Gasteiger partial charge in [-0.05, 0) is 41.5 Å². The second kappa shape index (κ2) is 7.74. The van der Waals surface area contributed by atoms with Crippen molar-refractivity contribution in [1.29, 1.82) is 0 Å². The number of non-ortho nitro benzene ring substituents is 1. The van der Waals surface area contributed by atoms with Gasteiger partial charge in [-0.2, -0.15) is 0 Å². The minimum Gasteiger partial charge on any atom is -0.497 e. The molecular formula is C17H16N2O4. The predicted octanol–water partition coefficient (Wildman–Crippen LogP) is 2.93. The Morgan fingerprint density at radius 2 is 1.83 bits per heavy atom. The molecule has 6 nitrogen and oxygen atoms in total. The van der Waals surface area contributed by atoms with Gasteiger partial charge in [0.2, 0.25) is 5.91 Å². The highest BCUT2D eigenvalue weighted by Gasteiger charge is 2.03. The van der Waals surface area contributed by atoms with Gasteiger partial charge in [-0.15, -0.1) is 0 Å². The molecule has 2 aromatic rings. The van der Waals surface area contributed by atoms with Crippen LogP contribution < -0.4 is 10.1 Å². The van der Waals surface area contributed by atoms with Crippen molar-refractivity contribution in [3.63, 3.8) is 0 Å². The number of hydrogen-bond acceptors (Lipinski definition) is 4. The lowest BCUT2D eigenvalue weighted by molar-refractivity contribution is -0.384. The van der Waals surface area contributed by atoms with Crippen molar-refractivity contribution in [2.75, 3.05) is 7.11 Å². The molecule has 0 aromatic heterocycles. The average Bonchev–Trinajstić information content (AvgIpc) is 2.59. The Balaban J connectivity index is 1.86. The lowest BCUT2D eigenvalue weighted by Crippen LogP contribution is -2.20. The summed E-state index contributed by atoms with van der Waals surface area (Å²) in [6.45, 7) is 0.410. The van der Waals surface area contributed by atoms with Crippen molar-refractivity contribution in [2.45, 2.75) is 6.54 Å². The van der Waals surface area contributed by atoms with Crippen LogP contribution in [0.15, 0.2) is 54.6 Å². The van der Waals surface area contributed by atoms with E-state index in [1.165, 1.54) is 18.2 Å². The maximum atomic E-state index is 11.8. The molecule has 0 radical (unpaired) electrons. The Hall–Kier alpha value is -3.15. The van der Waals surface area contributed by atoms with Crippen LogP contribution in [0.3, 0.4) is 0 Å². The topological polar surface area (TPSA) is 81.5 Å². The summed E-state index contributed by atoms with van der Waals surface area (Å²) in [4.78, 5) is 21.8. The van der Waals surface area contributed by atoms with E-state index >= 15 is 0 Å². The van der Waals surface area contributed by atoms with E-state index in [-0.39, 0.29) is 11.6 Å². The average molecular weight is 312 g/mol. The second-order valence-electron chi connectivity index (χ2n) is 4.75. The summed E-state index contributed by atoms with van der Waals surface area (Å²) in [5.74, 6) is 0.525. The molecule has 0 fully saturated rings. The highest BCUT2D eigenvalue weighted by atomic mass is 16.6. The summed E-state index contributed by atoms with van der Waals surface area (Å²) in [5.41, 5.74) is 1.70. The van der Waals surface area contributed by atoms with Gasteiger partial charge in [0, 0.05) is 24.8 Å². The first kappa shape index (κ1) is 16.2. The Bertz CT molecular complexity index is 706. The fraction of sp³-hybridized carbons (Fsp3) is 0.118. The number of nitro groups is 1. The highest BCUT2D eigenvalue weighted by molar-refractivity contribution is 5.91. The van der Waals surface area contributed by atoms with Gasteiger partial charge in [0.1, 0.15) is 5.75 Å². The molecule has 0 aliphatic rings. The smallest absolute Gasteiger partial charge is 0.269 e. The van der Waals surface area contributed by atoms with Crippen molar-refractivity contribution >= 4 is 17.7 Å². The number of nitrogens with one attached hydrogen (secondary N) is 1. The van der Waals surface area contributed by atoms with E-state index in [0.717, 1.165) is 16.9 Å². The summed E-state index contributed by atoms with van der Waals surface area (Å²) >= 11 is 0. The number of carbonyl (C=O) groups is 1. The van der Waals surface area contributed by atoms with Crippen LogP contribution in [-0.2, 0) is 11.3 Å². The molecule has 6 heteroatoms. The van der Waals surface area contributed by atoms with Crippen LogP contribution in [0.5, 0.6) is 5.75 Å². The summed E-state index contributed by atoms with van der Waals surface area (Å²) in [6.07, 6.45) is 3.00. The van der Waals surface area contributed by atoms with Gasteiger partial charge in [0.05, 0.1) is 12.0 Å². The molecular weight excluding hydrogens is 296 g/mol. The van der Waals surface area contributed by atoms with E-state index < -0.39 is 4.92 Å². The molecule has 2 aromatic carbocycles. The van der Waals surface area contributed by atoms with Crippen molar-refractivity contribution in [3.8, 4) is 5.75 Å². The van der Waals surface area contributed by atoms with Crippen molar-refractivity contribution in [1.82, 2.24) is 5.32 Å². The summed E-state index contributed by atoms with van der Waals surface area (Å²) in [6, 6.07) is 13.4. The zero-order valence-electron chi connectivity index (χ0n) is 12.6. The van der Waals surface area contributed by atoms with E-state index in [1.54, 1.807) is 25.3 Å². The van der Waals surface area contributed by atoms with Gasteiger partial charge >= 0.3 is 0 Å². The fourth-order valence-corrected chi connectivity index (χ4v) is 1.87. The van der Waals surface area contributed by atoms with Gasteiger partial charge in [0.25, 0.3) is 5.69 Å². The molecule has 1 amide bonds. The normalized spacial score (nSPS) is 10.5. The van der Waals surface area contributed by atoms with E-state index in [0.29, 0.717) is 6.54 Å². The molecule has 0 aliphatic heterocycles. The molecule has 0 spiro atoms. The fourth-order valence-electron chi connectivity index (χ4n) is 1.87. The van der Waals surface area contributed by atoms with Gasteiger partial charge in [-0.3, -0.25) is 14.9 Å². The molecule has 0 saturated carbocycles. The SMILES string of the molecule is COc1ccc(CNC(=O)C=Cc2ccc([N+](=O)[O-])cc2)cc1. The quantitative estimate of drug-likeness (QED) is 0.505. The number of hydrogen-bond donors (Lipinski definition) is 1. The van der Waals surface area contributed by atoms with E-state index in [4.69, 9.17) is 4.74 Å². The molecule has 0 saturated heterocycles. The maximum absolute atomic E-state index is 11.8. The Morgan fingerprint density at radius 3 is 2.39 bits per heavy atom. The van der Waals surface area contributed by atoms with Crippen LogP contribution in [0, 0.1) is 10.1 Å². The minimum atomic E-state index is -0.463. The van der Waals surface area contributed by atoms with Crippen molar-refractivity contribution in [2.24, 2.45) is 0 Å². The molecule has 2 rings (SSSR count). The zero-order valence-corrected chi connectivity index (χ0v) is 12.6. The van der Waals surface area contributed by atoms with Gasteiger partial charge in [0.15, 0.2) is 0 Å². The predicted molar refractivity (Wildman–Crippen MR) is 87.0 cm³/mol. The van der Waals surface area contributed by atoms with Gasteiger partial charge < -0.3 is 10.1 Å². The van der Waals surface area contributed by atoms with Gasteiger partial charge in [-0.25, -0.2) is 0 Å². The molecule has 0 aliphatic carbocycles. The third-order valence-electron chi connectivity index (χ3n) is 3.16. The third kappa shape index (κ3) is 4.96. The van der Waals surface area contributed by atoms with Crippen LogP contribution >= 0.6 is 0 Å². The van der Waals surface area contributed by atoms with Crippen LogP contribution in [0.1, 0.15) is 11.1 Å². The highest BCUT2D eigenvalue weighted by Crippen LogP contribution is 2.13. The Labute approximate surface area is 133 Å². The molecule has 23 heavy (non-hydrogen) atoms. The molecule has 0 unspecified atom stereocenters. The first-order valence-corrected chi connectivity index (χ1v) is 6.92. The summed E-state index contributed by atoms with van der Waals surface area (Å²) in [7, 11) is 1.60. The summed E-state index contributed by atoms with van der Waals surface area (Å²) < 4.78 is 5.06. The number of methoxy groups -OCH3 is 1.